The zero-order valence-corrected chi connectivity index (χ0v) is 15.3. The molecule has 0 fully saturated rings. The molecule has 3 amide bonds. The Kier molecular flexibility index (Phi) is 6.04. The van der Waals surface area contributed by atoms with Crippen molar-refractivity contribution in [1.82, 2.24) is 10.6 Å². The van der Waals surface area contributed by atoms with Gasteiger partial charge in [0.2, 0.25) is 0 Å². The lowest BCUT2D eigenvalue weighted by Crippen LogP contribution is -2.40. The van der Waals surface area contributed by atoms with E-state index in [4.69, 9.17) is 11.6 Å². The molecule has 5 nitrogen and oxygen atoms in total. The van der Waals surface area contributed by atoms with Gasteiger partial charge in [0.15, 0.2) is 0 Å². The Morgan fingerprint density at radius 3 is 2.36 bits per heavy atom. The summed E-state index contributed by atoms with van der Waals surface area (Å²) >= 11 is 5.83. The first-order valence-corrected chi connectivity index (χ1v) is 8.33. The summed E-state index contributed by atoms with van der Waals surface area (Å²) in [7, 11) is 0. The summed E-state index contributed by atoms with van der Waals surface area (Å²) in [5, 5.41) is 9.03. The summed E-state index contributed by atoms with van der Waals surface area (Å²) in [5.41, 5.74) is 1.66. The zero-order valence-electron chi connectivity index (χ0n) is 14.5. The van der Waals surface area contributed by atoms with Gasteiger partial charge in [-0.25, -0.2) is 4.79 Å². The minimum absolute atomic E-state index is 0.183. The Balaban J connectivity index is 1.93. The highest BCUT2D eigenvalue weighted by Crippen LogP contribution is 2.13. The third kappa shape index (κ3) is 6.47. The third-order valence-corrected chi connectivity index (χ3v) is 3.49. The highest BCUT2D eigenvalue weighted by molar-refractivity contribution is 6.30. The molecular weight excluding hydrogens is 338 g/mol. The van der Waals surface area contributed by atoms with E-state index in [1.807, 2.05) is 32.9 Å². The molecule has 0 atom stereocenters. The Hall–Kier alpha value is -2.53. The number of anilines is 1. The van der Waals surface area contributed by atoms with Gasteiger partial charge in [0, 0.05) is 28.4 Å². The van der Waals surface area contributed by atoms with Gasteiger partial charge < -0.3 is 16.0 Å². The fraction of sp³-hybridized carbons (Fsp3) is 0.263. The highest BCUT2D eigenvalue weighted by atomic mass is 35.5. The first kappa shape index (κ1) is 18.8. The Labute approximate surface area is 152 Å². The normalized spacial score (nSPS) is 10.9. The summed E-state index contributed by atoms with van der Waals surface area (Å²) in [5.74, 6) is -0.183. The summed E-state index contributed by atoms with van der Waals surface area (Å²) < 4.78 is 0. The maximum atomic E-state index is 12.2. The second-order valence-electron chi connectivity index (χ2n) is 6.72. The van der Waals surface area contributed by atoms with Crippen LogP contribution in [0.15, 0.2) is 48.5 Å². The summed E-state index contributed by atoms with van der Waals surface area (Å²) in [6.45, 7) is 6.12. The van der Waals surface area contributed by atoms with E-state index in [0.717, 1.165) is 5.56 Å². The molecule has 2 rings (SSSR count). The van der Waals surface area contributed by atoms with E-state index in [0.29, 0.717) is 22.8 Å². The van der Waals surface area contributed by atoms with Crippen LogP contribution in [0, 0.1) is 0 Å². The Morgan fingerprint density at radius 1 is 1.04 bits per heavy atom. The number of carbonyl (C=O) groups is 2. The van der Waals surface area contributed by atoms with Crippen LogP contribution in [-0.4, -0.2) is 17.5 Å². The highest BCUT2D eigenvalue weighted by Gasteiger charge is 2.15. The molecule has 25 heavy (non-hydrogen) atoms. The molecule has 0 saturated carbocycles. The molecule has 0 aromatic heterocycles. The fourth-order valence-electron chi connectivity index (χ4n) is 2.11. The monoisotopic (exact) mass is 359 g/mol. The van der Waals surface area contributed by atoms with Crippen LogP contribution in [0.25, 0.3) is 0 Å². The number of urea groups is 1. The van der Waals surface area contributed by atoms with Gasteiger partial charge in [0.1, 0.15) is 0 Å². The van der Waals surface area contributed by atoms with Crippen molar-refractivity contribution >= 4 is 29.2 Å². The Morgan fingerprint density at radius 2 is 1.72 bits per heavy atom. The van der Waals surface area contributed by atoms with Crippen molar-refractivity contribution in [2.24, 2.45) is 0 Å². The van der Waals surface area contributed by atoms with Crippen LogP contribution in [0.4, 0.5) is 10.5 Å². The minimum atomic E-state index is -0.344. The SMILES string of the molecule is CC(C)(C)NC(=O)c1cccc(NC(=O)NCc2ccc(Cl)cc2)c1. The van der Waals surface area contributed by atoms with Crippen molar-refractivity contribution < 1.29 is 9.59 Å². The number of nitrogens with one attached hydrogen (secondary N) is 3. The van der Waals surface area contributed by atoms with Gasteiger partial charge in [0.25, 0.3) is 5.91 Å². The Bertz CT molecular complexity index is 752. The third-order valence-electron chi connectivity index (χ3n) is 3.24. The first-order chi connectivity index (χ1) is 11.7. The summed E-state index contributed by atoms with van der Waals surface area (Å²) in [6.07, 6.45) is 0. The molecule has 0 bridgehead atoms. The van der Waals surface area contributed by atoms with Crippen LogP contribution >= 0.6 is 11.6 Å². The van der Waals surface area contributed by atoms with E-state index < -0.39 is 0 Å². The molecule has 6 heteroatoms. The lowest BCUT2D eigenvalue weighted by molar-refractivity contribution is 0.0919. The van der Waals surface area contributed by atoms with E-state index in [-0.39, 0.29) is 17.5 Å². The van der Waals surface area contributed by atoms with Crippen LogP contribution in [0.3, 0.4) is 0 Å². The lowest BCUT2D eigenvalue weighted by atomic mass is 10.1. The fourth-order valence-corrected chi connectivity index (χ4v) is 2.24. The molecule has 0 radical (unpaired) electrons. The maximum absolute atomic E-state index is 12.2. The zero-order chi connectivity index (χ0) is 18.4. The van der Waals surface area contributed by atoms with Gasteiger partial charge in [-0.05, 0) is 56.7 Å². The molecule has 0 unspecified atom stereocenters. The predicted molar refractivity (Wildman–Crippen MR) is 101 cm³/mol. The van der Waals surface area contributed by atoms with E-state index in [1.165, 1.54) is 0 Å². The van der Waals surface area contributed by atoms with Crippen LogP contribution in [-0.2, 0) is 6.54 Å². The van der Waals surface area contributed by atoms with Crippen molar-refractivity contribution in [2.45, 2.75) is 32.9 Å². The molecule has 132 valence electrons. The molecule has 0 saturated heterocycles. The molecule has 3 N–H and O–H groups in total. The van der Waals surface area contributed by atoms with Crippen molar-refractivity contribution in [3.8, 4) is 0 Å². The minimum Gasteiger partial charge on any atom is -0.347 e. The van der Waals surface area contributed by atoms with Crippen LogP contribution < -0.4 is 16.0 Å². The van der Waals surface area contributed by atoms with Gasteiger partial charge in [-0.3, -0.25) is 4.79 Å². The van der Waals surface area contributed by atoms with E-state index in [9.17, 15) is 9.59 Å². The standard InChI is InChI=1S/C19H22ClN3O2/c1-19(2,3)23-17(24)14-5-4-6-16(11-14)22-18(25)21-12-13-7-9-15(20)10-8-13/h4-11H,12H2,1-3H3,(H,23,24)(H2,21,22,25). The van der Waals surface area contributed by atoms with Crippen molar-refractivity contribution in [3.63, 3.8) is 0 Å². The second kappa shape index (κ2) is 8.03. The van der Waals surface area contributed by atoms with Crippen LogP contribution in [0.2, 0.25) is 5.02 Å². The smallest absolute Gasteiger partial charge is 0.319 e. The average molecular weight is 360 g/mol. The van der Waals surface area contributed by atoms with Gasteiger partial charge in [-0.15, -0.1) is 0 Å². The molecule has 2 aromatic carbocycles. The number of rotatable bonds is 4. The van der Waals surface area contributed by atoms with Gasteiger partial charge in [-0.1, -0.05) is 29.8 Å². The van der Waals surface area contributed by atoms with E-state index >= 15 is 0 Å². The van der Waals surface area contributed by atoms with Crippen molar-refractivity contribution in [1.29, 1.82) is 0 Å². The maximum Gasteiger partial charge on any atom is 0.319 e. The molecule has 2 aromatic rings. The van der Waals surface area contributed by atoms with Crippen molar-refractivity contribution in [3.05, 3.63) is 64.7 Å². The number of benzene rings is 2. The molecule has 0 aliphatic carbocycles. The summed E-state index contributed by atoms with van der Waals surface area (Å²) in [6, 6.07) is 13.7. The number of carbonyl (C=O) groups excluding carboxylic acids is 2. The molecule has 0 aliphatic rings. The van der Waals surface area contributed by atoms with E-state index in [2.05, 4.69) is 16.0 Å². The number of amides is 3. The van der Waals surface area contributed by atoms with Crippen LogP contribution in [0.5, 0.6) is 0 Å². The quantitative estimate of drug-likeness (QED) is 0.766. The molecule has 0 aliphatic heterocycles. The van der Waals surface area contributed by atoms with Gasteiger partial charge in [0.05, 0.1) is 0 Å². The predicted octanol–water partition coefficient (Wildman–Crippen LogP) is 4.19. The topological polar surface area (TPSA) is 70.2 Å². The van der Waals surface area contributed by atoms with Gasteiger partial charge >= 0.3 is 6.03 Å². The van der Waals surface area contributed by atoms with Crippen LogP contribution in [0.1, 0.15) is 36.7 Å². The van der Waals surface area contributed by atoms with Crippen molar-refractivity contribution in [2.75, 3.05) is 5.32 Å². The number of halogens is 1. The second-order valence-corrected chi connectivity index (χ2v) is 7.16. The largest absolute Gasteiger partial charge is 0.347 e. The lowest BCUT2D eigenvalue weighted by Gasteiger charge is -2.20. The molecular formula is C19H22ClN3O2. The number of hydrogen-bond donors (Lipinski definition) is 3. The molecule has 0 heterocycles. The number of hydrogen-bond acceptors (Lipinski definition) is 2. The van der Waals surface area contributed by atoms with E-state index in [1.54, 1.807) is 36.4 Å². The molecule has 0 spiro atoms. The average Bonchev–Trinajstić information content (AvgIpc) is 2.53. The first-order valence-electron chi connectivity index (χ1n) is 7.95. The summed E-state index contributed by atoms with van der Waals surface area (Å²) in [4.78, 5) is 24.2. The van der Waals surface area contributed by atoms with Gasteiger partial charge in [-0.2, -0.15) is 0 Å².